The number of phenols is 1. The number of nitrogens with two attached hydrogens (primary N) is 1. The number of hydrogen-bond acceptors (Lipinski definition) is 3. The van der Waals surface area contributed by atoms with Crippen LogP contribution in [0.4, 0.5) is 0 Å². The summed E-state index contributed by atoms with van der Waals surface area (Å²) >= 11 is 3.16. The van der Waals surface area contributed by atoms with Crippen LogP contribution in [-0.2, 0) is 0 Å². The molecule has 0 aliphatic heterocycles. The molecule has 13 heavy (non-hydrogen) atoms. The fraction of sp³-hybridized carbons (Fsp3) is 0.333. The van der Waals surface area contributed by atoms with Gasteiger partial charge in [0.15, 0.2) is 0 Å². The van der Waals surface area contributed by atoms with Crippen molar-refractivity contribution in [3.05, 3.63) is 28.2 Å². The lowest BCUT2D eigenvalue weighted by Gasteiger charge is -2.15. The number of hydrogen-bond donors (Lipinski definition) is 3. The summed E-state index contributed by atoms with van der Waals surface area (Å²) in [6, 6.07) is 4.55. The topological polar surface area (TPSA) is 66.5 Å². The van der Waals surface area contributed by atoms with E-state index >= 15 is 0 Å². The number of phenolic OH excluding ortho intramolecular Hbond substituents is 1. The van der Waals surface area contributed by atoms with Crippen LogP contribution in [0, 0.1) is 0 Å². The van der Waals surface area contributed by atoms with Crippen LogP contribution in [0.2, 0.25) is 0 Å². The number of aliphatic hydroxyl groups is 1. The number of aromatic hydroxyl groups is 1. The quantitative estimate of drug-likeness (QED) is 0.741. The second-order valence-corrected chi connectivity index (χ2v) is 3.83. The molecule has 0 saturated carbocycles. The predicted molar refractivity (Wildman–Crippen MR) is 54.4 cm³/mol. The summed E-state index contributed by atoms with van der Waals surface area (Å²) in [7, 11) is 0. The van der Waals surface area contributed by atoms with E-state index in [1.54, 1.807) is 25.1 Å². The summed E-state index contributed by atoms with van der Waals surface area (Å²) < 4.78 is 0.619. The van der Waals surface area contributed by atoms with Gasteiger partial charge in [0.05, 0.1) is 16.6 Å². The predicted octanol–water partition coefficient (Wildman–Crippen LogP) is 1.54. The molecule has 0 spiro atoms. The maximum Gasteiger partial charge on any atom is 0.130 e. The first kappa shape index (κ1) is 10.5. The summed E-state index contributed by atoms with van der Waals surface area (Å²) in [6.07, 6.45) is -0.624. The molecule has 1 aromatic carbocycles. The number of benzene rings is 1. The Morgan fingerprint density at radius 3 is 2.54 bits per heavy atom. The third kappa shape index (κ3) is 2.43. The fourth-order valence-electron chi connectivity index (χ4n) is 1.02. The molecule has 72 valence electrons. The van der Waals surface area contributed by atoms with E-state index < -0.39 is 12.1 Å². The lowest BCUT2D eigenvalue weighted by molar-refractivity contribution is 0.164. The van der Waals surface area contributed by atoms with E-state index in [-0.39, 0.29) is 5.75 Å². The zero-order valence-corrected chi connectivity index (χ0v) is 8.82. The first-order valence-corrected chi connectivity index (χ1v) is 4.73. The van der Waals surface area contributed by atoms with Crippen molar-refractivity contribution in [3.63, 3.8) is 0 Å². The molecule has 0 radical (unpaired) electrons. The van der Waals surface area contributed by atoms with Crippen LogP contribution in [0.3, 0.4) is 0 Å². The second kappa shape index (κ2) is 4.09. The monoisotopic (exact) mass is 245 g/mol. The van der Waals surface area contributed by atoms with Gasteiger partial charge in [0, 0.05) is 0 Å². The van der Waals surface area contributed by atoms with Crippen molar-refractivity contribution >= 4 is 15.9 Å². The highest BCUT2D eigenvalue weighted by atomic mass is 79.9. The molecule has 4 heteroatoms. The van der Waals surface area contributed by atoms with Crippen molar-refractivity contribution in [2.45, 2.75) is 19.1 Å². The summed E-state index contributed by atoms with van der Waals surface area (Å²) in [6.45, 7) is 1.61. The Balaban J connectivity index is 2.97. The van der Waals surface area contributed by atoms with Crippen molar-refractivity contribution in [2.24, 2.45) is 5.73 Å². The van der Waals surface area contributed by atoms with Gasteiger partial charge in [-0.3, -0.25) is 0 Å². The normalized spacial score (nSPS) is 15.4. The van der Waals surface area contributed by atoms with Crippen LogP contribution in [0.1, 0.15) is 18.5 Å². The van der Waals surface area contributed by atoms with Gasteiger partial charge in [0.1, 0.15) is 5.75 Å². The number of aliphatic hydroxyl groups excluding tert-OH is 1. The van der Waals surface area contributed by atoms with Gasteiger partial charge in [-0.25, -0.2) is 0 Å². The van der Waals surface area contributed by atoms with Crippen molar-refractivity contribution in [3.8, 4) is 5.75 Å². The molecule has 0 amide bonds. The molecule has 0 bridgehead atoms. The summed E-state index contributed by atoms with van der Waals surface area (Å²) in [5.41, 5.74) is 6.40. The molecular weight excluding hydrogens is 234 g/mol. The first-order valence-electron chi connectivity index (χ1n) is 3.94. The second-order valence-electron chi connectivity index (χ2n) is 2.98. The van der Waals surface area contributed by atoms with Crippen LogP contribution in [0.15, 0.2) is 22.7 Å². The molecule has 3 nitrogen and oxygen atoms in total. The molecule has 0 saturated heterocycles. The standard InChI is InChI=1S/C9H12BrNO2/c1-5(12)9(11)6-2-3-7(10)8(13)4-6/h2-5,9,12-13H,11H2,1H3/t5-,9+/m0/s1. The SMILES string of the molecule is C[C@H](O)[C@@H](N)c1ccc(Br)c(O)c1. The van der Waals surface area contributed by atoms with Gasteiger partial charge >= 0.3 is 0 Å². The maximum absolute atomic E-state index is 9.35. The lowest BCUT2D eigenvalue weighted by atomic mass is 10.0. The van der Waals surface area contributed by atoms with E-state index in [0.29, 0.717) is 4.47 Å². The van der Waals surface area contributed by atoms with E-state index in [0.717, 1.165) is 5.56 Å². The van der Waals surface area contributed by atoms with E-state index in [9.17, 15) is 10.2 Å². The molecule has 0 heterocycles. The zero-order chi connectivity index (χ0) is 10.0. The van der Waals surface area contributed by atoms with Gasteiger partial charge in [-0.1, -0.05) is 6.07 Å². The molecule has 2 atom stereocenters. The lowest BCUT2D eigenvalue weighted by Crippen LogP contribution is -2.22. The Morgan fingerprint density at radius 1 is 1.46 bits per heavy atom. The van der Waals surface area contributed by atoms with Crippen LogP contribution >= 0.6 is 15.9 Å². The summed E-state index contributed by atoms with van der Waals surface area (Å²) in [5.74, 6) is 0.133. The molecule has 0 unspecified atom stereocenters. The minimum atomic E-state index is -0.624. The summed E-state index contributed by atoms with van der Waals surface area (Å²) in [5, 5.41) is 18.6. The van der Waals surface area contributed by atoms with Gasteiger partial charge in [-0.05, 0) is 40.5 Å². The van der Waals surface area contributed by atoms with Gasteiger partial charge < -0.3 is 15.9 Å². The number of rotatable bonds is 2. The molecule has 4 N–H and O–H groups in total. The highest BCUT2D eigenvalue weighted by molar-refractivity contribution is 9.10. The van der Waals surface area contributed by atoms with Crippen molar-refractivity contribution in [1.29, 1.82) is 0 Å². The Hall–Kier alpha value is -0.580. The van der Waals surface area contributed by atoms with Crippen molar-refractivity contribution in [2.75, 3.05) is 0 Å². The highest BCUT2D eigenvalue weighted by Crippen LogP contribution is 2.27. The average molecular weight is 246 g/mol. The zero-order valence-electron chi connectivity index (χ0n) is 7.24. The Morgan fingerprint density at radius 2 is 2.08 bits per heavy atom. The molecule has 0 aliphatic carbocycles. The Kier molecular flexibility index (Phi) is 3.30. The average Bonchev–Trinajstić information content (AvgIpc) is 2.08. The van der Waals surface area contributed by atoms with Gasteiger partial charge in [0.2, 0.25) is 0 Å². The van der Waals surface area contributed by atoms with Crippen molar-refractivity contribution < 1.29 is 10.2 Å². The van der Waals surface area contributed by atoms with E-state index in [2.05, 4.69) is 15.9 Å². The van der Waals surface area contributed by atoms with E-state index in [1.807, 2.05) is 0 Å². The molecule has 1 aromatic rings. The summed E-state index contributed by atoms with van der Waals surface area (Å²) in [4.78, 5) is 0. The van der Waals surface area contributed by atoms with Gasteiger partial charge in [-0.2, -0.15) is 0 Å². The van der Waals surface area contributed by atoms with Crippen LogP contribution < -0.4 is 5.73 Å². The fourth-order valence-corrected chi connectivity index (χ4v) is 1.26. The van der Waals surface area contributed by atoms with Crippen LogP contribution in [0.5, 0.6) is 5.75 Å². The Labute approximate surface area is 85.3 Å². The van der Waals surface area contributed by atoms with Crippen LogP contribution in [-0.4, -0.2) is 16.3 Å². The maximum atomic E-state index is 9.35. The smallest absolute Gasteiger partial charge is 0.130 e. The molecule has 0 fully saturated rings. The molecule has 0 aliphatic rings. The van der Waals surface area contributed by atoms with E-state index in [1.165, 1.54) is 0 Å². The number of halogens is 1. The van der Waals surface area contributed by atoms with Crippen molar-refractivity contribution in [1.82, 2.24) is 0 Å². The largest absolute Gasteiger partial charge is 0.507 e. The molecular formula is C9H12BrNO2. The first-order chi connectivity index (χ1) is 6.02. The molecule has 0 aromatic heterocycles. The van der Waals surface area contributed by atoms with Gasteiger partial charge in [-0.15, -0.1) is 0 Å². The Bertz CT molecular complexity index is 302. The minimum absolute atomic E-state index is 0.133. The van der Waals surface area contributed by atoms with Crippen LogP contribution in [0.25, 0.3) is 0 Å². The van der Waals surface area contributed by atoms with E-state index in [4.69, 9.17) is 5.73 Å². The minimum Gasteiger partial charge on any atom is -0.507 e. The third-order valence-corrected chi connectivity index (χ3v) is 2.55. The highest BCUT2D eigenvalue weighted by Gasteiger charge is 2.12. The third-order valence-electron chi connectivity index (χ3n) is 1.87. The van der Waals surface area contributed by atoms with Gasteiger partial charge in [0.25, 0.3) is 0 Å². The molecule has 1 rings (SSSR count).